The van der Waals surface area contributed by atoms with E-state index >= 15 is 0 Å². The second-order valence-corrected chi connectivity index (χ2v) is 6.59. The van der Waals surface area contributed by atoms with Crippen LogP contribution in [-0.2, 0) is 9.63 Å². The number of hydrogen-bond donors (Lipinski definition) is 1. The Labute approximate surface area is 157 Å². The molecule has 1 aromatic carbocycles. The minimum Gasteiger partial charge on any atom is -0.478 e. The fourth-order valence-electron chi connectivity index (χ4n) is 2.72. The monoisotopic (exact) mass is 359 g/mol. The third kappa shape index (κ3) is 12.3. The van der Waals surface area contributed by atoms with Gasteiger partial charge in [-0.15, -0.1) is 0 Å². The van der Waals surface area contributed by atoms with Gasteiger partial charge in [0.2, 0.25) is 0 Å². The molecule has 0 bridgehead atoms. The van der Waals surface area contributed by atoms with Crippen molar-refractivity contribution in [3.63, 3.8) is 0 Å². The lowest BCUT2D eigenvalue weighted by molar-refractivity contribution is -0.131. The molecule has 1 N–H and O–H groups in total. The molecule has 144 valence electrons. The lowest BCUT2D eigenvalue weighted by atomic mass is 10.1. The molecule has 0 fully saturated rings. The summed E-state index contributed by atoms with van der Waals surface area (Å²) < 4.78 is 0. The van der Waals surface area contributed by atoms with Gasteiger partial charge in [0.25, 0.3) is 0 Å². The highest BCUT2D eigenvalue weighted by molar-refractivity contribution is 5.86. The summed E-state index contributed by atoms with van der Waals surface area (Å²) >= 11 is 0. The number of rotatable bonds is 15. The molecule has 0 radical (unpaired) electrons. The number of aliphatic carboxylic acids is 1. The summed E-state index contributed by atoms with van der Waals surface area (Å²) in [4.78, 5) is 15.8. The normalized spacial score (nSPS) is 11.4. The van der Waals surface area contributed by atoms with Gasteiger partial charge in [-0.2, -0.15) is 0 Å². The van der Waals surface area contributed by atoms with Crippen molar-refractivity contribution in [3.8, 4) is 0 Å². The highest BCUT2D eigenvalue weighted by atomic mass is 16.6. The third-order valence-electron chi connectivity index (χ3n) is 4.19. The quantitative estimate of drug-likeness (QED) is 0.179. The van der Waals surface area contributed by atoms with Gasteiger partial charge >= 0.3 is 5.97 Å². The van der Waals surface area contributed by atoms with Crippen molar-refractivity contribution in [1.29, 1.82) is 0 Å². The largest absolute Gasteiger partial charge is 0.478 e. The van der Waals surface area contributed by atoms with Crippen molar-refractivity contribution >= 4 is 18.3 Å². The zero-order valence-electron chi connectivity index (χ0n) is 16.0. The molecule has 0 aliphatic heterocycles. The molecule has 0 saturated heterocycles. The summed E-state index contributed by atoms with van der Waals surface area (Å²) in [6, 6.07) is 7.49. The highest BCUT2D eigenvalue weighted by Crippen LogP contribution is 2.10. The van der Waals surface area contributed by atoms with Gasteiger partial charge < -0.3 is 9.94 Å². The second kappa shape index (κ2) is 15.2. The Bertz CT molecular complexity index is 552. The molecule has 0 aliphatic carbocycles. The molecule has 0 aliphatic rings. The number of hydrogen-bond acceptors (Lipinski definition) is 3. The topological polar surface area (TPSA) is 58.9 Å². The summed E-state index contributed by atoms with van der Waals surface area (Å²) in [6.45, 7) is 2.90. The average Bonchev–Trinajstić information content (AvgIpc) is 2.64. The predicted octanol–water partition coefficient (Wildman–Crippen LogP) is 6.06. The first-order valence-electron chi connectivity index (χ1n) is 9.89. The minimum absolute atomic E-state index is 0.644. The Hall–Kier alpha value is -2.10. The highest BCUT2D eigenvalue weighted by Gasteiger charge is 1.94. The molecule has 0 saturated carbocycles. The van der Waals surface area contributed by atoms with Gasteiger partial charge in [0.05, 0.1) is 6.21 Å². The number of carbonyl (C=O) groups is 1. The Morgan fingerprint density at radius 1 is 1.00 bits per heavy atom. The van der Waals surface area contributed by atoms with Gasteiger partial charge in [-0.05, 0) is 36.1 Å². The van der Waals surface area contributed by atoms with E-state index in [-0.39, 0.29) is 0 Å². The van der Waals surface area contributed by atoms with Crippen molar-refractivity contribution in [3.05, 3.63) is 41.5 Å². The van der Waals surface area contributed by atoms with E-state index < -0.39 is 5.97 Å². The predicted molar refractivity (Wildman–Crippen MR) is 109 cm³/mol. The van der Waals surface area contributed by atoms with E-state index in [9.17, 15) is 4.79 Å². The van der Waals surface area contributed by atoms with E-state index in [0.717, 1.165) is 23.6 Å². The van der Waals surface area contributed by atoms with Crippen LogP contribution in [0.5, 0.6) is 0 Å². The van der Waals surface area contributed by atoms with E-state index in [1.807, 2.05) is 24.3 Å². The maximum absolute atomic E-state index is 10.5. The molecule has 4 heteroatoms. The number of nitrogens with zero attached hydrogens (tertiary/aromatic N) is 1. The van der Waals surface area contributed by atoms with E-state index in [2.05, 4.69) is 12.1 Å². The van der Waals surface area contributed by atoms with Crippen LogP contribution in [0.4, 0.5) is 0 Å². The summed E-state index contributed by atoms with van der Waals surface area (Å²) in [5.41, 5.74) is 1.71. The van der Waals surface area contributed by atoms with Crippen molar-refractivity contribution in [2.45, 2.75) is 71.1 Å². The van der Waals surface area contributed by atoms with Crippen LogP contribution >= 0.6 is 0 Å². The zero-order valence-corrected chi connectivity index (χ0v) is 16.0. The van der Waals surface area contributed by atoms with Gasteiger partial charge in [-0.3, -0.25) is 0 Å². The number of oxime groups is 1. The number of unbranched alkanes of at least 4 members (excludes halogenated alkanes) is 9. The van der Waals surface area contributed by atoms with Crippen LogP contribution in [0.2, 0.25) is 0 Å². The third-order valence-corrected chi connectivity index (χ3v) is 4.19. The van der Waals surface area contributed by atoms with Crippen LogP contribution in [0.15, 0.2) is 35.5 Å². The van der Waals surface area contributed by atoms with Gasteiger partial charge in [0, 0.05) is 6.08 Å². The first-order chi connectivity index (χ1) is 12.7. The molecule has 0 heterocycles. The smallest absolute Gasteiger partial charge is 0.328 e. The molecule has 0 amide bonds. The Balaban J connectivity index is 2.05. The SMILES string of the molecule is CCCCCCCCCCCCO/N=C/c1cccc(/C=C\C(=O)O)c1. The first-order valence-corrected chi connectivity index (χ1v) is 9.89. The van der Waals surface area contributed by atoms with Crippen LogP contribution in [0.3, 0.4) is 0 Å². The number of benzene rings is 1. The molecule has 4 nitrogen and oxygen atoms in total. The average molecular weight is 360 g/mol. The summed E-state index contributed by atoms with van der Waals surface area (Å²) in [7, 11) is 0. The molecule has 0 spiro atoms. The minimum atomic E-state index is -0.955. The number of carboxylic acid groups (broad SMARTS) is 1. The first kappa shape index (κ1) is 21.9. The van der Waals surface area contributed by atoms with Gasteiger partial charge in [0.1, 0.15) is 6.61 Å². The Morgan fingerprint density at radius 2 is 1.62 bits per heavy atom. The summed E-state index contributed by atoms with van der Waals surface area (Å²) in [6.07, 6.45) is 17.4. The van der Waals surface area contributed by atoms with Crippen molar-refractivity contribution in [2.75, 3.05) is 6.61 Å². The zero-order chi connectivity index (χ0) is 18.9. The van der Waals surface area contributed by atoms with Crippen molar-refractivity contribution in [2.24, 2.45) is 5.16 Å². The summed E-state index contributed by atoms with van der Waals surface area (Å²) in [5, 5.41) is 12.6. The maximum Gasteiger partial charge on any atom is 0.328 e. The molecule has 0 aromatic heterocycles. The molecule has 1 rings (SSSR count). The van der Waals surface area contributed by atoms with E-state index in [0.29, 0.717) is 6.61 Å². The lowest BCUT2D eigenvalue weighted by Crippen LogP contribution is -1.90. The van der Waals surface area contributed by atoms with Crippen LogP contribution in [0.1, 0.15) is 82.3 Å². The van der Waals surface area contributed by atoms with Crippen LogP contribution in [-0.4, -0.2) is 23.9 Å². The molecule has 0 atom stereocenters. The fraction of sp³-hybridized carbons (Fsp3) is 0.545. The molecule has 26 heavy (non-hydrogen) atoms. The Morgan fingerprint density at radius 3 is 2.27 bits per heavy atom. The molecular weight excluding hydrogens is 326 g/mol. The second-order valence-electron chi connectivity index (χ2n) is 6.59. The molecular formula is C22H33NO3. The van der Waals surface area contributed by atoms with E-state index in [1.165, 1.54) is 57.8 Å². The molecule has 1 aromatic rings. The fourth-order valence-corrected chi connectivity index (χ4v) is 2.72. The standard InChI is InChI=1S/C22H33NO3/c1-2-3-4-5-6-7-8-9-10-11-17-26-23-19-21-14-12-13-20(18-21)15-16-22(24)25/h12-16,18-19H,2-11,17H2,1H3,(H,24,25)/b16-15-,23-19+. The molecule has 0 unspecified atom stereocenters. The summed E-state index contributed by atoms with van der Waals surface area (Å²) in [5.74, 6) is -0.955. The van der Waals surface area contributed by atoms with E-state index in [1.54, 1.807) is 12.3 Å². The van der Waals surface area contributed by atoms with Crippen LogP contribution in [0.25, 0.3) is 6.08 Å². The van der Waals surface area contributed by atoms with Gasteiger partial charge in [0.15, 0.2) is 0 Å². The Kier molecular flexibility index (Phi) is 12.8. The van der Waals surface area contributed by atoms with Gasteiger partial charge in [-0.1, -0.05) is 81.6 Å². The maximum atomic E-state index is 10.5. The van der Waals surface area contributed by atoms with Gasteiger partial charge in [-0.25, -0.2) is 4.79 Å². The van der Waals surface area contributed by atoms with Crippen LogP contribution in [0, 0.1) is 0 Å². The van der Waals surface area contributed by atoms with E-state index in [4.69, 9.17) is 9.94 Å². The van der Waals surface area contributed by atoms with Crippen molar-refractivity contribution < 1.29 is 14.7 Å². The number of carboxylic acids is 1. The van der Waals surface area contributed by atoms with Crippen molar-refractivity contribution in [1.82, 2.24) is 0 Å². The lowest BCUT2D eigenvalue weighted by Gasteiger charge is -2.02. The van der Waals surface area contributed by atoms with Crippen LogP contribution < -0.4 is 0 Å².